The van der Waals surface area contributed by atoms with Gasteiger partial charge in [-0.05, 0) is 55.2 Å². The lowest BCUT2D eigenvalue weighted by atomic mass is 10.0. The fraction of sp³-hybridized carbons (Fsp3) is 0.394. The molecule has 226 valence electrons. The number of sulfonamides is 1. The van der Waals surface area contributed by atoms with Crippen molar-refractivity contribution < 1.29 is 22.7 Å². The first-order valence-corrected chi connectivity index (χ1v) is 16.4. The van der Waals surface area contributed by atoms with Crippen LogP contribution in [0.15, 0.2) is 84.9 Å². The van der Waals surface area contributed by atoms with E-state index in [1.807, 2.05) is 67.6 Å². The van der Waals surface area contributed by atoms with E-state index in [1.54, 1.807) is 29.2 Å². The van der Waals surface area contributed by atoms with Gasteiger partial charge in [-0.25, -0.2) is 8.42 Å². The lowest BCUT2D eigenvalue weighted by molar-refractivity contribution is -0.141. The maximum atomic E-state index is 13.9. The van der Waals surface area contributed by atoms with Crippen molar-refractivity contribution in [1.82, 2.24) is 10.2 Å². The second-order valence-electron chi connectivity index (χ2n) is 10.2. The van der Waals surface area contributed by atoms with Gasteiger partial charge in [-0.1, -0.05) is 74.0 Å². The Kier molecular flexibility index (Phi) is 12.9. The molecular formula is C33H43N3O5S. The van der Waals surface area contributed by atoms with E-state index < -0.39 is 16.1 Å². The highest BCUT2D eigenvalue weighted by Gasteiger charge is 2.30. The Hall–Kier alpha value is -3.85. The van der Waals surface area contributed by atoms with Crippen LogP contribution in [0.5, 0.6) is 5.75 Å². The Morgan fingerprint density at radius 1 is 0.857 bits per heavy atom. The van der Waals surface area contributed by atoms with Crippen molar-refractivity contribution in [2.24, 2.45) is 0 Å². The number of carbonyl (C=O) groups is 2. The number of unbranched alkanes of at least 4 members (excludes halogenated alkanes) is 1. The summed E-state index contributed by atoms with van der Waals surface area (Å²) in [5.74, 6) is 0.261. The van der Waals surface area contributed by atoms with E-state index >= 15 is 0 Å². The highest BCUT2D eigenvalue weighted by Crippen LogP contribution is 2.23. The van der Waals surface area contributed by atoms with Crippen LogP contribution in [-0.4, -0.2) is 57.1 Å². The van der Waals surface area contributed by atoms with Crippen LogP contribution in [-0.2, 0) is 32.6 Å². The Balaban J connectivity index is 1.82. The van der Waals surface area contributed by atoms with Gasteiger partial charge in [-0.2, -0.15) is 0 Å². The van der Waals surface area contributed by atoms with Crippen molar-refractivity contribution in [3.8, 4) is 5.75 Å². The lowest BCUT2D eigenvalue weighted by Gasteiger charge is -2.32. The first kappa shape index (κ1) is 32.7. The van der Waals surface area contributed by atoms with Crippen LogP contribution in [0, 0.1) is 0 Å². The van der Waals surface area contributed by atoms with Gasteiger partial charge in [-0.15, -0.1) is 0 Å². The molecule has 0 bridgehead atoms. The van der Waals surface area contributed by atoms with Crippen molar-refractivity contribution in [2.45, 2.75) is 58.5 Å². The number of rotatable bonds is 17. The quantitative estimate of drug-likeness (QED) is 0.218. The highest BCUT2D eigenvalue weighted by atomic mass is 32.2. The molecule has 0 saturated carbocycles. The van der Waals surface area contributed by atoms with E-state index in [0.29, 0.717) is 37.4 Å². The summed E-state index contributed by atoms with van der Waals surface area (Å²) in [6, 6.07) is 25.4. The average Bonchev–Trinajstić information content (AvgIpc) is 2.98. The number of ether oxygens (including phenoxy) is 1. The zero-order chi connectivity index (χ0) is 30.4. The van der Waals surface area contributed by atoms with E-state index in [9.17, 15) is 18.0 Å². The van der Waals surface area contributed by atoms with Crippen molar-refractivity contribution in [3.63, 3.8) is 0 Å². The van der Waals surface area contributed by atoms with E-state index in [-0.39, 0.29) is 31.3 Å². The van der Waals surface area contributed by atoms with Crippen molar-refractivity contribution in [1.29, 1.82) is 0 Å². The van der Waals surface area contributed by atoms with Gasteiger partial charge in [0.05, 0.1) is 18.6 Å². The SMILES string of the molecule is CCCCNC(=O)[C@@H](Cc1ccccc1)N(Cc1ccccc1)C(=O)CCCN(c1ccc(OCC)cc1)S(C)(=O)=O. The van der Waals surface area contributed by atoms with Gasteiger partial charge in [0.1, 0.15) is 11.8 Å². The summed E-state index contributed by atoms with van der Waals surface area (Å²) in [5.41, 5.74) is 2.38. The topological polar surface area (TPSA) is 96.0 Å². The van der Waals surface area contributed by atoms with Gasteiger partial charge in [0.15, 0.2) is 0 Å². The number of benzene rings is 3. The molecule has 0 aliphatic heterocycles. The molecule has 3 rings (SSSR count). The monoisotopic (exact) mass is 593 g/mol. The van der Waals surface area contributed by atoms with Gasteiger partial charge in [0.25, 0.3) is 0 Å². The number of carbonyl (C=O) groups excluding carboxylic acids is 2. The first-order valence-electron chi connectivity index (χ1n) is 14.6. The van der Waals surface area contributed by atoms with Crippen LogP contribution < -0.4 is 14.4 Å². The fourth-order valence-corrected chi connectivity index (χ4v) is 5.68. The third kappa shape index (κ3) is 10.2. The number of hydrogen-bond acceptors (Lipinski definition) is 5. The van der Waals surface area contributed by atoms with E-state index in [1.165, 1.54) is 4.31 Å². The van der Waals surface area contributed by atoms with E-state index in [2.05, 4.69) is 12.2 Å². The van der Waals surface area contributed by atoms with Crippen LogP contribution in [0.3, 0.4) is 0 Å². The molecule has 0 aliphatic rings. The molecule has 0 spiro atoms. The fourth-order valence-electron chi connectivity index (χ4n) is 4.72. The predicted octanol–water partition coefficient (Wildman–Crippen LogP) is 5.19. The molecule has 0 aliphatic carbocycles. The summed E-state index contributed by atoms with van der Waals surface area (Å²) in [5, 5.41) is 3.02. The molecule has 0 radical (unpaired) electrons. The van der Waals surface area contributed by atoms with E-state index in [0.717, 1.165) is 30.2 Å². The minimum Gasteiger partial charge on any atom is -0.494 e. The minimum absolute atomic E-state index is 0.0867. The molecule has 9 heteroatoms. The maximum Gasteiger partial charge on any atom is 0.243 e. The number of amides is 2. The molecule has 3 aromatic rings. The molecule has 0 fully saturated rings. The molecule has 0 heterocycles. The third-order valence-electron chi connectivity index (χ3n) is 6.88. The van der Waals surface area contributed by atoms with Crippen LogP contribution in [0.1, 0.15) is 50.7 Å². The van der Waals surface area contributed by atoms with Crippen molar-refractivity contribution in [3.05, 3.63) is 96.1 Å². The Bertz CT molecular complexity index is 1350. The number of hydrogen-bond donors (Lipinski definition) is 1. The minimum atomic E-state index is -3.59. The maximum absolute atomic E-state index is 13.9. The molecular weight excluding hydrogens is 550 g/mol. The molecule has 3 aromatic carbocycles. The van der Waals surface area contributed by atoms with Crippen LogP contribution >= 0.6 is 0 Å². The second kappa shape index (κ2) is 16.6. The van der Waals surface area contributed by atoms with E-state index in [4.69, 9.17) is 4.74 Å². The van der Waals surface area contributed by atoms with Gasteiger partial charge in [0.2, 0.25) is 21.8 Å². The zero-order valence-electron chi connectivity index (χ0n) is 24.9. The average molecular weight is 594 g/mol. The Morgan fingerprint density at radius 3 is 2.05 bits per heavy atom. The summed E-state index contributed by atoms with van der Waals surface area (Å²) in [6.45, 7) is 5.40. The summed E-state index contributed by atoms with van der Waals surface area (Å²) in [4.78, 5) is 29.0. The summed E-state index contributed by atoms with van der Waals surface area (Å²) in [7, 11) is -3.59. The largest absolute Gasteiger partial charge is 0.494 e. The molecule has 8 nitrogen and oxygen atoms in total. The predicted molar refractivity (Wildman–Crippen MR) is 168 cm³/mol. The molecule has 0 unspecified atom stereocenters. The van der Waals surface area contributed by atoms with Crippen molar-refractivity contribution in [2.75, 3.05) is 30.3 Å². The van der Waals surface area contributed by atoms with Gasteiger partial charge >= 0.3 is 0 Å². The molecule has 42 heavy (non-hydrogen) atoms. The summed E-state index contributed by atoms with van der Waals surface area (Å²) < 4.78 is 32.1. The van der Waals surface area contributed by atoms with Crippen LogP contribution in [0.25, 0.3) is 0 Å². The van der Waals surface area contributed by atoms with Gasteiger partial charge < -0.3 is 15.0 Å². The summed E-state index contributed by atoms with van der Waals surface area (Å²) in [6.07, 6.45) is 3.71. The molecule has 1 N–H and O–H groups in total. The molecule has 1 atom stereocenters. The highest BCUT2D eigenvalue weighted by molar-refractivity contribution is 7.92. The standard InChI is InChI=1S/C33H43N3O5S/c1-4-6-23-34-33(38)31(25-27-14-9-7-10-15-27)35(26-28-16-11-8-12-17-28)32(37)18-13-24-36(42(3,39)40)29-19-21-30(22-20-29)41-5-2/h7-12,14-17,19-22,31H,4-6,13,18,23-26H2,1-3H3,(H,34,38)/t31-/m1/s1. The molecule has 2 amide bonds. The smallest absolute Gasteiger partial charge is 0.243 e. The number of nitrogens with one attached hydrogen (secondary N) is 1. The van der Waals surface area contributed by atoms with Gasteiger partial charge in [0, 0.05) is 32.5 Å². The number of anilines is 1. The third-order valence-corrected chi connectivity index (χ3v) is 8.08. The summed E-state index contributed by atoms with van der Waals surface area (Å²) >= 11 is 0. The molecule has 0 aromatic heterocycles. The van der Waals surface area contributed by atoms with Crippen LogP contribution in [0.2, 0.25) is 0 Å². The zero-order valence-corrected chi connectivity index (χ0v) is 25.7. The van der Waals surface area contributed by atoms with Crippen molar-refractivity contribution >= 4 is 27.5 Å². The normalized spacial score (nSPS) is 11.9. The second-order valence-corrected chi connectivity index (χ2v) is 12.1. The van der Waals surface area contributed by atoms with Gasteiger partial charge in [-0.3, -0.25) is 13.9 Å². The first-order chi connectivity index (χ1) is 20.2. The lowest BCUT2D eigenvalue weighted by Crippen LogP contribution is -2.50. The Morgan fingerprint density at radius 2 is 1.48 bits per heavy atom. The Labute approximate surface area is 250 Å². The van der Waals surface area contributed by atoms with Crippen LogP contribution in [0.4, 0.5) is 5.69 Å². The number of nitrogens with zero attached hydrogens (tertiary/aromatic N) is 2. The molecule has 0 saturated heterocycles.